The van der Waals surface area contributed by atoms with E-state index >= 15 is 0 Å². The minimum Gasteiger partial charge on any atom is -0.365 e. The maximum absolute atomic E-state index is 4.80. The van der Waals surface area contributed by atoms with E-state index in [4.69, 9.17) is 4.98 Å². The van der Waals surface area contributed by atoms with Gasteiger partial charge >= 0.3 is 0 Å². The SMILES string of the molecule is CCc1nc(NC(C2CC2)C2CC2)c(CC)nc1Br. The summed E-state index contributed by atoms with van der Waals surface area (Å²) in [7, 11) is 0. The fraction of sp³-hybridized carbons (Fsp3) is 0.733. The van der Waals surface area contributed by atoms with Gasteiger partial charge in [-0.2, -0.15) is 0 Å². The molecular formula is C15H22BrN3. The number of aromatic nitrogens is 2. The van der Waals surface area contributed by atoms with Crippen LogP contribution in [0.2, 0.25) is 0 Å². The number of anilines is 1. The number of hydrogen-bond acceptors (Lipinski definition) is 3. The molecule has 4 heteroatoms. The number of nitrogens with zero attached hydrogens (tertiary/aromatic N) is 2. The van der Waals surface area contributed by atoms with E-state index in [9.17, 15) is 0 Å². The van der Waals surface area contributed by atoms with Crippen LogP contribution in [-0.2, 0) is 12.8 Å². The van der Waals surface area contributed by atoms with Gasteiger partial charge in [-0.1, -0.05) is 13.8 Å². The second-order valence-electron chi connectivity index (χ2n) is 5.81. The number of halogens is 1. The van der Waals surface area contributed by atoms with Crippen molar-refractivity contribution in [2.75, 3.05) is 5.32 Å². The van der Waals surface area contributed by atoms with Gasteiger partial charge in [0, 0.05) is 6.04 Å². The third-order valence-corrected chi connectivity index (χ3v) is 4.86. The van der Waals surface area contributed by atoms with Crippen LogP contribution < -0.4 is 5.32 Å². The molecule has 1 N–H and O–H groups in total. The lowest BCUT2D eigenvalue weighted by molar-refractivity contribution is 0.564. The van der Waals surface area contributed by atoms with Crippen molar-refractivity contribution >= 4 is 21.7 Å². The molecule has 0 spiro atoms. The van der Waals surface area contributed by atoms with E-state index in [0.717, 1.165) is 46.5 Å². The minimum absolute atomic E-state index is 0.644. The third kappa shape index (κ3) is 2.93. The number of nitrogens with one attached hydrogen (secondary N) is 1. The normalized spacial score (nSPS) is 18.9. The number of hydrogen-bond donors (Lipinski definition) is 1. The van der Waals surface area contributed by atoms with E-state index in [2.05, 4.69) is 40.1 Å². The van der Waals surface area contributed by atoms with Crippen LogP contribution in [0, 0.1) is 11.8 Å². The lowest BCUT2D eigenvalue weighted by Gasteiger charge is -2.20. The van der Waals surface area contributed by atoms with Gasteiger partial charge in [-0.05, 0) is 66.3 Å². The molecule has 0 aromatic carbocycles. The molecular weight excluding hydrogens is 302 g/mol. The highest BCUT2D eigenvalue weighted by atomic mass is 79.9. The molecule has 1 aromatic heterocycles. The Morgan fingerprint density at radius 1 is 1.05 bits per heavy atom. The van der Waals surface area contributed by atoms with Gasteiger partial charge in [-0.15, -0.1) is 0 Å². The predicted octanol–water partition coefficient (Wildman–Crippen LogP) is 3.96. The Labute approximate surface area is 123 Å². The van der Waals surface area contributed by atoms with Crippen LogP contribution in [0.3, 0.4) is 0 Å². The molecule has 2 fully saturated rings. The van der Waals surface area contributed by atoms with Crippen LogP contribution in [0.1, 0.15) is 50.9 Å². The van der Waals surface area contributed by atoms with E-state index in [0.29, 0.717) is 6.04 Å². The van der Waals surface area contributed by atoms with Crippen molar-refractivity contribution in [3.63, 3.8) is 0 Å². The zero-order valence-corrected chi connectivity index (χ0v) is 13.3. The largest absolute Gasteiger partial charge is 0.365 e. The fourth-order valence-corrected chi connectivity index (χ4v) is 3.34. The highest BCUT2D eigenvalue weighted by Crippen LogP contribution is 2.46. The molecule has 0 saturated heterocycles. The van der Waals surface area contributed by atoms with Crippen LogP contribution in [0.4, 0.5) is 5.82 Å². The van der Waals surface area contributed by atoms with Crippen molar-refractivity contribution in [2.45, 2.75) is 58.4 Å². The molecule has 2 aliphatic rings. The lowest BCUT2D eigenvalue weighted by atomic mass is 10.1. The Bertz CT molecular complexity index is 455. The van der Waals surface area contributed by atoms with E-state index in [-0.39, 0.29) is 0 Å². The zero-order valence-electron chi connectivity index (χ0n) is 11.7. The summed E-state index contributed by atoms with van der Waals surface area (Å²) < 4.78 is 0.909. The maximum Gasteiger partial charge on any atom is 0.148 e. The lowest BCUT2D eigenvalue weighted by Crippen LogP contribution is -2.26. The molecule has 0 atom stereocenters. The molecule has 0 aliphatic heterocycles. The summed E-state index contributed by atoms with van der Waals surface area (Å²) >= 11 is 3.53. The molecule has 0 unspecified atom stereocenters. The first-order chi connectivity index (χ1) is 9.22. The first kappa shape index (κ1) is 13.3. The maximum atomic E-state index is 4.80. The molecule has 3 rings (SSSR count). The van der Waals surface area contributed by atoms with Crippen molar-refractivity contribution < 1.29 is 0 Å². The third-order valence-electron chi connectivity index (χ3n) is 4.22. The average Bonchev–Trinajstić information content (AvgIpc) is 3.29. The Kier molecular flexibility index (Phi) is 3.79. The van der Waals surface area contributed by atoms with Gasteiger partial charge in [-0.3, -0.25) is 0 Å². The highest BCUT2D eigenvalue weighted by Gasteiger charge is 2.41. The Morgan fingerprint density at radius 3 is 2.11 bits per heavy atom. The van der Waals surface area contributed by atoms with Gasteiger partial charge in [0.1, 0.15) is 10.4 Å². The van der Waals surface area contributed by atoms with Crippen LogP contribution in [0.25, 0.3) is 0 Å². The predicted molar refractivity (Wildman–Crippen MR) is 81.3 cm³/mol. The minimum atomic E-state index is 0.644. The first-order valence-electron chi connectivity index (χ1n) is 7.54. The van der Waals surface area contributed by atoms with Gasteiger partial charge in [0.2, 0.25) is 0 Å². The van der Waals surface area contributed by atoms with E-state index in [1.165, 1.54) is 25.7 Å². The second kappa shape index (κ2) is 5.39. The van der Waals surface area contributed by atoms with Crippen molar-refractivity contribution in [3.05, 3.63) is 16.0 Å². The van der Waals surface area contributed by atoms with Gasteiger partial charge in [-0.25, -0.2) is 9.97 Å². The monoisotopic (exact) mass is 323 g/mol. The number of rotatable bonds is 6. The summed E-state index contributed by atoms with van der Waals surface area (Å²) in [5, 5.41) is 3.73. The van der Waals surface area contributed by atoms with Crippen LogP contribution in [-0.4, -0.2) is 16.0 Å². The topological polar surface area (TPSA) is 37.8 Å². The highest BCUT2D eigenvalue weighted by molar-refractivity contribution is 9.10. The van der Waals surface area contributed by atoms with Gasteiger partial charge < -0.3 is 5.32 Å². The zero-order chi connectivity index (χ0) is 13.4. The first-order valence-corrected chi connectivity index (χ1v) is 8.34. The number of aryl methyl sites for hydroxylation is 2. The van der Waals surface area contributed by atoms with Gasteiger partial charge in [0.25, 0.3) is 0 Å². The Balaban J connectivity index is 1.85. The van der Waals surface area contributed by atoms with Gasteiger partial charge in [0.15, 0.2) is 0 Å². The molecule has 104 valence electrons. The Hall–Kier alpha value is -0.640. The summed E-state index contributed by atoms with van der Waals surface area (Å²) in [5.41, 5.74) is 2.15. The fourth-order valence-electron chi connectivity index (χ4n) is 2.76. The van der Waals surface area contributed by atoms with E-state index in [1.807, 2.05) is 0 Å². The molecule has 2 aliphatic carbocycles. The van der Waals surface area contributed by atoms with E-state index < -0.39 is 0 Å². The summed E-state index contributed by atoms with van der Waals surface area (Å²) in [4.78, 5) is 9.47. The van der Waals surface area contributed by atoms with Crippen LogP contribution in [0.15, 0.2) is 4.60 Å². The molecule has 0 radical (unpaired) electrons. The van der Waals surface area contributed by atoms with Crippen molar-refractivity contribution in [1.82, 2.24) is 9.97 Å². The standard InChI is InChI=1S/C15H22BrN3/c1-3-11-14(16)17-12(4-2)15(18-11)19-13(9-5-6-9)10-7-8-10/h9-10,13H,3-8H2,1-2H3,(H,18,19). The molecule has 0 bridgehead atoms. The molecule has 1 aromatic rings. The molecule has 3 nitrogen and oxygen atoms in total. The summed E-state index contributed by atoms with van der Waals surface area (Å²) in [6.45, 7) is 4.28. The van der Waals surface area contributed by atoms with Crippen LogP contribution in [0.5, 0.6) is 0 Å². The summed E-state index contributed by atoms with van der Waals surface area (Å²) in [6.07, 6.45) is 7.41. The van der Waals surface area contributed by atoms with Crippen molar-refractivity contribution in [1.29, 1.82) is 0 Å². The molecule has 2 saturated carbocycles. The molecule has 19 heavy (non-hydrogen) atoms. The molecule has 0 amide bonds. The van der Waals surface area contributed by atoms with E-state index in [1.54, 1.807) is 0 Å². The Morgan fingerprint density at radius 2 is 1.63 bits per heavy atom. The average molecular weight is 324 g/mol. The smallest absolute Gasteiger partial charge is 0.148 e. The summed E-state index contributed by atoms with van der Waals surface area (Å²) in [5.74, 6) is 2.80. The van der Waals surface area contributed by atoms with Gasteiger partial charge in [0.05, 0.1) is 11.4 Å². The van der Waals surface area contributed by atoms with Crippen molar-refractivity contribution in [3.8, 4) is 0 Å². The van der Waals surface area contributed by atoms with Crippen LogP contribution >= 0.6 is 15.9 Å². The molecule has 1 heterocycles. The van der Waals surface area contributed by atoms with Crippen molar-refractivity contribution in [2.24, 2.45) is 11.8 Å². The quantitative estimate of drug-likeness (QED) is 0.860. The second-order valence-corrected chi connectivity index (χ2v) is 6.56. The summed E-state index contributed by atoms with van der Waals surface area (Å²) in [6, 6.07) is 0.644.